The van der Waals surface area contributed by atoms with Gasteiger partial charge in [-0.2, -0.15) is 0 Å². The lowest BCUT2D eigenvalue weighted by Crippen LogP contribution is -2.17. The summed E-state index contributed by atoms with van der Waals surface area (Å²) in [5.74, 6) is -0.132. The molecule has 0 aromatic heterocycles. The molecule has 1 aromatic carbocycles. The summed E-state index contributed by atoms with van der Waals surface area (Å²) in [4.78, 5) is 0. The first-order valence-electron chi connectivity index (χ1n) is 7.36. The topological polar surface area (TPSA) is 32.3 Å². The molecule has 0 radical (unpaired) electrons. The van der Waals surface area contributed by atoms with E-state index in [1.807, 2.05) is 25.1 Å². The first-order valence-corrected chi connectivity index (χ1v) is 7.36. The number of allylic oxidation sites excluding steroid dienone is 5. The summed E-state index contributed by atoms with van der Waals surface area (Å²) in [6, 6.07) is 4.99. The quantitative estimate of drug-likeness (QED) is 0.871. The van der Waals surface area contributed by atoms with Crippen LogP contribution in [0.3, 0.4) is 0 Å². The van der Waals surface area contributed by atoms with Crippen LogP contribution in [0.4, 0.5) is 4.39 Å². The molecule has 2 atom stereocenters. The molecule has 0 fully saturated rings. The van der Waals surface area contributed by atoms with Crippen LogP contribution in [0, 0.1) is 5.82 Å². The maximum absolute atomic E-state index is 13.6. The number of fused-ring (bicyclic) bond motifs is 1. The van der Waals surface area contributed by atoms with Crippen molar-refractivity contribution in [3.8, 4) is 0 Å². The molecule has 0 saturated carbocycles. The van der Waals surface area contributed by atoms with E-state index in [0.29, 0.717) is 6.42 Å². The summed E-state index contributed by atoms with van der Waals surface area (Å²) in [5.41, 5.74) is 5.59. The molecule has 1 aliphatic carbocycles. The Hall–Kier alpha value is -1.87. The highest BCUT2D eigenvalue weighted by molar-refractivity contribution is 5.50. The van der Waals surface area contributed by atoms with Gasteiger partial charge >= 0.3 is 0 Å². The van der Waals surface area contributed by atoms with Crippen molar-refractivity contribution in [3.05, 3.63) is 70.3 Å². The third kappa shape index (κ3) is 2.79. The molecule has 3 heteroatoms. The number of dihydropyridines is 1. The van der Waals surface area contributed by atoms with E-state index < -0.39 is 6.10 Å². The van der Waals surface area contributed by atoms with Gasteiger partial charge in [-0.05, 0) is 67.7 Å². The molecule has 0 saturated heterocycles. The number of aliphatic hydroxyl groups is 1. The van der Waals surface area contributed by atoms with Crippen molar-refractivity contribution in [2.24, 2.45) is 0 Å². The third-order valence-corrected chi connectivity index (χ3v) is 4.15. The van der Waals surface area contributed by atoms with Gasteiger partial charge in [0.05, 0.1) is 6.10 Å². The predicted molar refractivity (Wildman–Crippen MR) is 82.2 cm³/mol. The number of aliphatic hydroxyl groups excluding tert-OH is 1. The second kappa shape index (κ2) is 5.49. The lowest BCUT2D eigenvalue weighted by molar-refractivity contribution is 0.179. The highest BCUT2D eigenvalue weighted by Gasteiger charge is 2.30. The first kappa shape index (κ1) is 14.1. The van der Waals surface area contributed by atoms with Gasteiger partial charge in [0.15, 0.2) is 0 Å². The second-order valence-corrected chi connectivity index (χ2v) is 5.93. The highest BCUT2D eigenvalue weighted by Crippen LogP contribution is 2.42. The molecule has 3 rings (SSSR count). The van der Waals surface area contributed by atoms with E-state index in [-0.39, 0.29) is 11.7 Å². The van der Waals surface area contributed by atoms with Crippen molar-refractivity contribution in [1.82, 2.24) is 5.32 Å². The number of hydrogen-bond donors (Lipinski definition) is 2. The van der Waals surface area contributed by atoms with E-state index in [0.717, 1.165) is 28.9 Å². The molecule has 1 aliphatic heterocycles. The molecular weight excluding hydrogens is 265 g/mol. The van der Waals surface area contributed by atoms with Crippen LogP contribution in [0.5, 0.6) is 0 Å². The zero-order valence-corrected chi connectivity index (χ0v) is 12.4. The zero-order chi connectivity index (χ0) is 15.0. The summed E-state index contributed by atoms with van der Waals surface area (Å²) in [5, 5.41) is 13.2. The molecule has 2 aliphatic rings. The largest absolute Gasteiger partial charge is 0.393 e. The van der Waals surface area contributed by atoms with Gasteiger partial charge in [0.2, 0.25) is 0 Å². The molecule has 110 valence electrons. The maximum atomic E-state index is 13.6. The van der Waals surface area contributed by atoms with Crippen LogP contribution >= 0.6 is 0 Å². The van der Waals surface area contributed by atoms with E-state index in [9.17, 15) is 9.50 Å². The van der Waals surface area contributed by atoms with Crippen molar-refractivity contribution in [1.29, 1.82) is 0 Å². The van der Waals surface area contributed by atoms with Crippen molar-refractivity contribution in [2.45, 2.75) is 38.7 Å². The Balaban J connectivity index is 2.04. The summed E-state index contributed by atoms with van der Waals surface area (Å²) in [6.45, 7) is 3.81. The van der Waals surface area contributed by atoms with Gasteiger partial charge in [0.25, 0.3) is 0 Å². The zero-order valence-electron chi connectivity index (χ0n) is 12.4. The molecule has 1 aromatic rings. The number of rotatable bonds is 2. The summed E-state index contributed by atoms with van der Waals surface area (Å²) in [7, 11) is 0. The first-order chi connectivity index (χ1) is 10.0. The Labute approximate surface area is 124 Å². The minimum atomic E-state index is -0.413. The predicted octanol–water partition coefficient (Wildman–Crippen LogP) is 3.55. The Morgan fingerprint density at radius 2 is 2.24 bits per heavy atom. The summed E-state index contributed by atoms with van der Waals surface area (Å²) in [6.07, 6.45) is 7.12. The summed E-state index contributed by atoms with van der Waals surface area (Å²) < 4.78 is 13.6. The van der Waals surface area contributed by atoms with Gasteiger partial charge in [-0.3, -0.25) is 0 Å². The number of halogens is 1. The minimum Gasteiger partial charge on any atom is -0.393 e. The molecule has 0 bridgehead atoms. The van der Waals surface area contributed by atoms with E-state index in [2.05, 4.69) is 11.4 Å². The van der Waals surface area contributed by atoms with Crippen LogP contribution < -0.4 is 5.32 Å². The van der Waals surface area contributed by atoms with Gasteiger partial charge in [-0.25, -0.2) is 4.39 Å². The van der Waals surface area contributed by atoms with E-state index in [1.165, 1.54) is 11.6 Å². The van der Waals surface area contributed by atoms with Crippen LogP contribution in [0.1, 0.15) is 37.3 Å². The fourth-order valence-electron chi connectivity index (χ4n) is 3.23. The minimum absolute atomic E-state index is 0.0775. The van der Waals surface area contributed by atoms with Crippen molar-refractivity contribution < 1.29 is 9.50 Å². The standard InChI is InChI=1S/C18H20FNO/c1-11-4-3-5-18(20-11)17-9-13-6-7-14(19)10-15(13)16(17)8-12(2)21/h3-7,10,12,16,20-21H,8-9H2,1-2H3/b18-17-. The Kier molecular flexibility index (Phi) is 3.68. The second-order valence-electron chi connectivity index (χ2n) is 5.93. The van der Waals surface area contributed by atoms with Crippen LogP contribution in [-0.2, 0) is 6.42 Å². The van der Waals surface area contributed by atoms with Crippen LogP contribution in [0.15, 0.2) is 53.4 Å². The smallest absolute Gasteiger partial charge is 0.123 e. The molecule has 2 nitrogen and oxygen atoms in total. The van der Waals surface area contributed by atoms with Gasteiger partial charge in [-0.1, -0.05) is 12.1 Å². The Morgan fingerprint density at radius 1 is 1.43 bits per heavy atom. The lowest BCUT2D eigenvalue weighted by atomic mass is 9.90. The van der Waals surface area contributed by atoms with Crippen LogP contribution in [0.2, 0.25) is 0 Å². The number of benzene rings is 1. The molecule has 0 spiro atoms. The number of hydrogen-bond acceptors (Lipinski definition) is 2. The average Bonchev–Trinajstić information content (AvgIpc) is 2.76. The van der Waals surface area contributed by atoms with Gasteiger partial charge in [0, 0.05) is 17.3 Å². The van der Waals surface area contributed by atoms with Gasteiger partial charge < -0.3 is 10.4 Å². The fraction of sp³-hybridized carbons (Fsp3) is 0.333. The van der Waals surface area contributed by atoms with Gasteiger partial charge in [0.1, 0.15) is 5.82 Å². The Morgan fingerprint density at radius 3 is 2.95 bits per heavy atom. The average molecular weight is 285 g/mol. The van der Waals surface area contributed by atoms with Crippen LogP contribution in [-0.4, -0.2) is 11.2 Å². The Bertz CT molecular complexity index is 655. The van der Waals surface area contributed by atoms with Crippen molar-refractivity contribution in [3.63, 3.8) is 0 Å². The number of nitrogens with one attached hydrogen (secondary N) is 1. The maximum Gasteiger partial charge on any atom is 0.123 e. The van der Waals surface area contributed by atoms with Crippen molar-refractivity contribution in [2.75, 3.05) is 0 Å². The molecule has 2 N–H and O–H groups in total. The van der Waals surface area contributed by atoms with E-state index in [4.69, 9.17) is 0 Å². The SMILES string of the molecule is CC1=CC=C/C(=C2\Cc3ccc(F)cc3C2CC(C)O)N1. The summed E-state index contributed by atoms with van der Waals surface area (Å²) >= 11 is 0. The molecule has 1 heterocycles. The van der Waals surface area contributed by atoms with Crippen molar-refractivity contribution >= 4 is 0 Å². The normalized spacial score (nSPS) is 25.3. The molecule has 0 amide bonds. The molecular formula is C18H20FNO. The molecule has 2 unspecified atom stereocenters. The van der Waals surface area contributed by atoms with E-state index in [1.54, 1.807) is 13.0 Å². The molecule has 21 heavy (non-hydrogen) atoms. The van der Waals surface area contributed by atoms with E-state index >= 15 is 0 Å². The monoisotopic (exact) mass is 285 g/mol. The lowest BCUT2D eigenvalue weighted by Gasteiger charge is -2.21. The van der Waals surface area contributed by atoms with Crippen LogP contribution in [0.25, 0.3) is 0 Å². The highest BCUT2D eigenvalue weighted by atomic mass is 19.1. The third-order valence-electron chi connectivity index (χ3n) is 4.15. The van der Waals surface area contributed by atoms with Gasteiger partial charge in [-0.15, -0.1) is 0 Å². The fourth-order valence-corrected chi connectivity index (χ4v) is 3.23.